The Morgan fingerprint density at radius 1 is 1.21 bits per heavy atom. The van der Waals surface area contributed by atoms with Gasteiger partial charge in [0.05, 0.1) is 5.71 Å². The number of hydrogen-bond donors (Lipinski definition) is 1. The molecule has 0 bridgehead atoms. The minimum atomic E-state index is -0.701. The fourth-order valence-corrected chi connectivity index (χ4v) is 2.53. The molecule has 2 rings (SSSR count). The maximum atomic E-state index is 12.1. The summed E-state index contributed by atoms with van der Waals surface area (Å²) in [5.74, 6) is 0.254. The summed E-state index contributed by atoms with van der Waals surface area (Å²) in [4.78, 5) is 12.1. The van der Waals surface area contributed by atoms with E-state index in [9.17, 15) is 4.79 Å². The zero-order valence-electron chi connectivity index (χ0n) is 13.6. The number of hydrogen-bond acceptors (Lipinski definition) is 3. The van der Waals surface area contributed by atoms with E-state index in [-0.39, 0.29) is 5.91 Å². The van der Waals surface area contributed by atoms with Crippen LogP contribution in [-0.4, -0.2) is 17.7 Å². The first-order valence-electron chi connectivity index (χ1n) is 7.40. The van der Waals surface area contributed by atoms with Gasteiger partial charge in [-0.05, 0) is 50.6 Å². The van der Waals surface area contributed by atoms with E-state index in [0.29, 0.717) is 21.5 Å². The second kappa shape index (κ2) is 8.18. The van der Waals surface area contributed by atoms with E-state index in [0.717, 1.165) is 11.1 Å². The quantitative estimate of drug-likeness (QED) is 0.621. The van der Waals surface area contributed by atoms with E-state index in [1.54, 1.807) is 38.1 Å². The van der Waals surface area contributed by atoms with Crippen LogP contribution in [0.25, 0.3) is 0 Å². The highest BCUT2D eigenvalue weighted by Gasteiger charge is 2.15. The Balaban J connectivity index is 2.01. The molecule has 1 unspecified atom stereocenters. The molecule has 0 aromatic heterocycles. The van der Waals surface area contributed by atoms with E-state index < -0.39 is 6.10 Å². The lowest BCUT2D eigenvalue weighted by Crippen LogP contribution is -2.34. The third-order valence-corrected chi connectivity index (χ3v) is 3.97. The standard InChI is InChI=1S/C18H18Cl2N2O2/c1-11-10-14(19)8-9-17(11)24-13(3)18(23)22-21-12(2)15-6-4-5-7-16(15)20/h4-10,13H,1-3H3,(H,22,23). The largest absolute Gasteiger partial charge is 0.481 e. The van der Waals surface area contributed by atoms with Crippen molar-refractivity contribution in [2.45, 2.75) is 26.9 Å². The number of aryl methyl sites for hydroxylation is 1. The zero-order valence-corrected chi connectivity index (χ0v) is 15.2. The van der Waals surface area contributed by atoms with Crippen LogP contribution in [0.1, 0.15) is 25.0 Å². The Kier molecular flexibility index (Phi) is 6.23. The van der Waals surface area contributed by atoms with Gasteiger partial charge in [-0.15, -0.1) is 0 Å². The van der Waals surface area contributed by atoms with Crippen molar-refractivity contribution in [3.05, 3.63) is 63.6 Å². The summed E-state index contributed by atoms with van der Waals surface area (Å²) >= 11 is 12.0. The number of benzene rings is 2. The first-order valence-corrected chi connectivity index (χ1v) is 8.16. The summed E-state index contributed by atoms with van der Waals surface area (Å²) in [6, 6.07) is 12.5. The fourth-order valence-electron chi connectivity index (χ4n) is 2.03. The van der Waals surface area contributed by atoms with Gasteiger partial charge in [-0.2, -0.15) is 5.10 Å². The van der Waals surface area contributed by atoms with Crippen molar-refractivity contribution in [2.24, 2.45) is 5.10 Å². The van der Waals surface area contributed by atoms with E-state index in [2.05, 4.69) is 10.5 Å². The molecule has 1 amide bonds. The topological polar surface area (TPSA) is 50.7 Å². The SMILES string of the molecule is CC(=NNC(=O)C(C)Oc1ccc(Cl)cc1C)c1ccccc1Cl. The molecule has 6 heteroatoms. The third kappa shape index (κ3) is 4.73. The van der Waals surface area contributed by atoms with Crippen LogP contribution in [0.2, 0.25) is 10.0 Å². The zero-order chi connectivity index (χ0) is 17.7. The van der Waals surface area contributed by atoms with Crippen molar-refractivity contribution >= 4 is 34.8 Å². The van der Waals surface area contributed by atoms with Gasteiger partial charge in [-0.3, -0.25) is 4.79 Å². The highest BCUT2D eigenvalue weighted by molar-refractivity contribution is 6.34. The van der Waals surface area contributed by atoms with Crippen molar-refractivity contribution in [3.63, 3.8) is 0 Å². The number of rotatable bonds is 5. The number of carbonyl (C=O) groups excluding carboxylic acids is 1. The molecule has 0 aliphatic carbocycles. The second-order valence-corrected chi connectivity index (χ2v) is 6.17. The van der Waals surface area contributed by atoms with Gasteiger partial charge >= 0.3 is 0 Å². The predicted octanol–water partition coefficient (Wildman–Crippen LogP) is 4.61. The van der Waals surface area contributed by atoms with Crippen LogP contribution >= 0.6 is 23.2 Å². The number of hydrazone groups is 1. The summed E-state index contributed by atoms with van der Waals surface area (Å²) in [5.41, 5.74) is 4.74. The van der Waals surface area contributed by atoms with Crippen molar-refractivity contribution in [1.29, 1.82) is 0 Å². The van der Waals surface area contributed by atoms with E-state index in [1.165, 1.54) is 0 Å². The lowest BCUT2D eigenvalue weighted by molar-refractivity contribution is -0.127. The normalized spacial score (nSPS) is 12.6. The first-order chi connectivity index (χ1) is 11.4. The van der Waals surface area contributed by atoms with Crippen molar-refractivity contribution < 1.29 is 9.53 Å². The van der Waals surface area contributed by atoms with Crippen LogP contribution in [0.5, 0.6) is 5.75 Å². The fraction of sp³-hybridized carbons (Fsp3) is 0.222. The average molecular weight is 365 g/mol. The lowest BCUT2D eigenvalue weighted by Gasteiger charge is -2.15. The van der Waals surface area contributed by atoms with Crippen LogP contribution in [0, 0.1) is 6.92 Å². The molecule has 0 fully saturated rings. The third-order valence-electron chi connectivity index (χ3n) is 3.41. The lowest BCUT2D eigenvalue weighted by atomic mass is 10.1. The summed E-state index contributed by atoms with van der Waals surface area (Å²) in [7, 11) is 0. The summed E-state index contributed by atoms with van der Waals surface area (Å²) < 4.78 is 5.66. The van der Waals surface area contributed by atoms with E-state index in [1.807, 2.05) is 25.1 Å². The van der Waals surface area contributed by atoms with Crippen LogP contribution in [0.4, 0.5) is 0 Å². The second-order valence-electron chi connectivity index (χ2n) is 5.32. The monoisotopic (exact) mass is 364 g/mol. The predicted molar refractivity (Wildman–Crippen MR) is 98.1 cm³/mol. The van der Waals surface area contributed by atoms with Gasteiger partial charge in [0, 0.05) is 15.6 Å². The number of nitrogens with one attached hydrogen (secondary N) is 1. The number of halogens is 2. The highest BCUT2D eigenvalue weighted by atomic mass is 35.5. The van der Waals surface area contributed by atoms with Crippen LogP contribution in [0.3, 0.4) is 0 Å². The van der Waals surface area contributed by atoms with Crippen LogP contribution < -0.4 is 10.2 Å². The Morgan fingerprint density at radius 3 is 2.58 bits per heavy atom. The van der Waals surface area contributed by atoms with Gasteiger partial charge in [-0.1, -0.05) is 41.4 Å². The Labute approximate surface area is 151 Å². The molecule has 0 radical (unpaired) electrons. The molecule has 1 N–H and O–H groups in total. The highest BCUT2D eigenvalue weighted by Crippen LogP contribution is 2.22. The molecular formula is C18H18Cl2N2O2. The van der Waals surface area contributed by atoms with Gasteiger partial charge in [0.2, 0.25) is 0 Å². The molecule has 0 heterocycles. The van der Waals surface area contributed by atoms with Crippen LogP contribution in [0.15, 0.2) is 47.6 Å². The molecule has 126 valence electrons. The van der Waals surface area contributed by atoms with Gasteiger partial charge in [0.25, 0.3) is 5.91 Å². The summed E-state index contributed by atoms with van der Waals surface area (Å²) in [6.45, 7) is 5.30. The molecule has 2 aromatic rings. The molecule has 0 spiro atoms. The van der Waals surface area contributed by atoms with Gasteiger partial charge in [0.15, 0.2) is 6.10 Å². The smallest absolute Gasteiger partial charge is 0.280 e. The summed E-state index contributed by atoms with van der Waals surface area (Å²) in [5, 5.41) is 5.29. The minimum Gasteiger partial charge on any atom is -0.481 e. The minimum absolute atomic E-state index is 0.351. The number of amides is 1. The first kappa shape index (κ1) is 18.3. The average Bonchev–Trinajstić information content (AvgIpc) is 2.55. The van der Waals surface area contributed by atoms with E-state index in [4.69, 9.17) is 27.9 Å². The van der Waals surface area contributed by atoms with Gasteiger partial charge in [-0.25, -0.2) is 5.43 Å². The van der Waals surface area contributed by atoms with Crippen molar-refractivity contribution in [3.8, 4) is 5.75 Å². The molecule has 24 heavy (non-hydrogen) atoms. The number of nitrogens with zero attached hydrogens (tertiary/aromatic N) is 1. The molecular weight excluding hydrogens is 347 g/mol. The van der Waals surface area contributed by atoms with Gasteiger partial charge < -0.3 is 4.74 Å². The Morgan fingerprint density at radius 2 is 1.92 bits per heavy atom. The molecule has 0 saturated heterocycles. The van der Waals surface area contributed by atoms with Crippen molar-refractivity contribution in [1.82, 2.24) is 5.43 Å². The Hall–Kier alpha value is -2.04. The number of ether oxygens (including phenoxy) is 1. The van der Waals surface area contributed by atoms with Crippen LogP contribution in [-0.2, 0) is 4.79 Å². The molecule has 0 saturated carbocycles. The maximum absolute atomic E-state index is 12.1. The molecule has 0 aliphatic rings. The maximum Gasteiger partial charge on any atom is 0.280 e. The molecule has 1 atom stereocenters. The van der Waals surface area contributed by atoms with Crippen molar-refractivity contribution in [2.75, 3.05) is 0 Å². The summed E-state index contributed by atoms with van der Waals surface area (Å²) in [6.07, 6.45) is -0.701. The Bertz CT molecular complexity index is 775. The molecule has 2 aromatic carbocycles. The number of carbonyl (C=O) groups is 1. The van der Waals surface area contributed by atoms with Gasteiger partial charge in [0.1, 0.15) is 5.75 Å². The molecule has 0 aliphatic heterocycles. The molecule has 4 nitrogen and oxygen atoms in total. The van der Waals surface area contributed by atoms with E-state index >= 15 is 0 Å².